The van der Waals surface area contributed by atoms with Crippen LogP contribution >= 0.6 is 0 Å². The number of benzene rings is 4. The van der Waals surface area contributed by atoms with Crippen molar-refractivity contribution in [3.05, 3.63) is 108 Å². The minimum absolute atomic E-state index is 0.0718. The Morgan fingerprint density at radius 2 is 1.54 bits per heavy atom. The molecule has 0 heterocycles. The molecule has 0 aliphatic heterocycles. The van der Waals surface area contributed by atoms with Crippen LogP contribution in [0.3, 0.4) is 0 Å². The van der Waals surface area contributed by atoms with E-state index in [4.69, 9.17) is 14.6 Å². The lowest BCUT2D eigenvalue weighted by Gasteiger charge is -2.20. The summed E-state index contributed by atoms with van der Waals surface area (Å²) in [6.07, 6.45) is 3.14. The van der Waals surface area contributed by atoms with Gasteiger partial charge in [0.1, 0.15) is 18.2 Å². The first-order valence-corrected chi connectivity index (χ1v) is 13.0. The second-order valence-electron chi connectivity index (χ2n) is 9.21. The van der Waals surface area contributed by atoms with Crippen molar-refractivity contribution in [2.24, 2.45) is 0 Å². The van der Waals surface area contributed by atoms with Crippen LogP contribution in [0.5, 0.6) is 11.5 Å². The van der Waals surface area contributed by atoms with Crippen molar-refractivity contribution < 1.29 is 19.4 Å². The van der Waals surface area contributed by atoms with Gasteiger partial charge in [0, 0.05) is 12.5 Å². The highest BCUT2D eigenvalue weighted by Crippen LogP contribution is 2.32. The molecule has 4 aromatic rings. The standard InChI is InChI=1S/C32H35NO4/c1-2-3-19-36-30-16-13-26-21-28(10-9-27(26)22-30)31(20-24-7-5-4-6-8-24)25-11-14-29(15-12-25)37-23-33-18-17-32(34)35/h4-16,21-22,31,33H,2-3,17-20,23H2,1H3,(H,34,35). The van der Waals surface area contributed by atoms with E-state index in [2.05, 4.69) is 85.0 Å². The van der Waals surface area contributed by atoms with Crippen molar-refractivity contribution in [3.63, 3.8) is 0 Å². The molecule has 2 N–H and O–H groups in total. The van der Waals surface area contributed by atoms with E-state index >= 15 is 0 Å². The zero-order valence-electron chi connectivity index (χ0n) is 21.4. The lowest BCUT2D eigenvalue weighted by Crippen LogP contribution is -2.23. The molecule has 4 aromatic carbocycles. The van der Waals surface area contributed by atoms with Crippen molar-refractivity contribution in [2.75, 3.05) is 19.9 Å². The van der Waals surface area contributed by atoms with Gasteiger partial charge in [-0.15, -0.1) is 0 Å². The third kappa shape index (κ3) is 7.83. The SMILES string of the molecule is CCCCOc1ccc2cc(C(Cc3ccccc3)c3ccc(OCNCCC(=O)O)cc3)ccc2c1. The average molecular weight is 498 g/mol. The fourth-order valence-corrected chi connectivity index (χ4v) is 4.36. The highest BCUT2D eigenvalue weighted by molar-refractivity contribution is 5.84. The summed E-state index contributed by atoms with van der Waals surface area (Å²) < 4.78 is 11.6. The monoisotopic (exact) mass is 497 g/mol. The van der Waals surface area contributed by atoms with Crippen molar-refractivity contribution >= 4 is 16.7 Å². The number of carboxylic acid groups (broad SMARTS) is 1. The van der Waals surface area contributed by atoms with Crippen LogP contribution < -0.4 is 14.8 Å². The maximum Gasteiger partial charge on any atom is 0.304 e. The van der Waals surface area contributed by atoms with Gasteiger partial charge in [-0.25, -0.2) is 0 Å². The number of carboxylic acids is 1. The van der Waals surface area contributed by atoms with Crippen LogP contribution in [-0.4, -0.2) is 31.0 Å². The maximum atomic E-state index is 10.6. The molecule has 0 aromatic heterocycles. The Labute approximate surface area is 219 Å². The van der Waals surface area contributed by atoms with Crippen LogP contribution in [0.2, 0.25) is 0 Å². The van der Waals surface area contributed by atoms with Crippen molar-refractivity contribution in [3.8, 4) is 11.5 Å². The summed E-state index contributed by atoms with van der Waals surface area (Å²) in [7, 11) is 0. The smallest absolute Gasteiger partial charge is 0.304 e. The molecule has 0 bridgehead atoms. The van der Waals surface area contributed by atoms with Gasteiger partial charge in [-0.1, -0.05) is 80.1 Å². The normalized spacial score (nSPS) is 11.8. The molecular formula is C32H35NO4. The van der Waals surface area contributed by atoms with Crippen molar-refractivity contribution in [1.82, 2.24) is 5.32 Å². The Kier molecular flexibility index (Phi) is 9.55. The van der Waals surface area contributed by atoms with Crippen LogP contribution in [0.4, 0.5) is 0 Å². The zero-order chi connectivity index (χ0) is 25.9. The molecule has 192 valence electrons. The van der Waals surface area contributed by atoms with Crippen molar-refractivity contribution in [1.29, 1.82) is 0 Å². The molecule has 0 fully saturated rings. The molecule has 5 nitrogen and oxygen atoms in total. The molecular weight excluding hydrogens is 462 g/mol. The van der Waals surface area contributed by atoms with Crippen LogP contribution in [0.15, 0.2) is 91.0 Å². The summed E-state index contributed by atoms with van der Waals surface area (Å²) in [6, 6.07) is 31.8. The molecule has 5 heteroatoms. The van der Waals surface area contributed by atoms with E-state index in [0.717, 1.165) is 37.4 Å². The summed E-state index contributed by atoms with van der Waals surface area (Å²) in [5.74, 6) is 1.03. The lowest BCUT2D eigenvalue weighted by atomic mass is 9.85. The Bertz CT molecular complexity index is 1270. The van der Waals surface area contributed by atoms with E-state index in [1.54, 1.807) is 0 Å². The van der Waals surface area contributed by atoms with Gasteiger partial charge in [-0.3, -0.25) is 10.1 Å². The quantitative estimate of drug-likeness (QED) is 0.148. The summed E-state index contributed by atoms with van der Waals surface area (Å²) in [6.45, 7) is 3.56. The van der Waals surface area contributed by atoms with E-state index in [1.807, 2.05) is 18.2 Å². The molecule has 0 aliphatic carbocycles. The highest BCUT2D eigenvalue weighted by Gasteiger charge is 2.16. The van der Waals surface area contributed by atoms with Gasteiger partial charge in [0.2, 0.25) is 0 Å². The average Bonchev–Trinajstić information content (AvgIpc) is 2.92. The minimum atomic E-state index is -0.823. The molecule has 37 heavy (non-hydrogen) atoms. The Morgan fingerprint density at radius 3 is 2.30 bits per heavy atom. The molecule has 1 unspecified atom stereocenters. The van der Waals surface area contributed by atoms with E-state index in [-0.39, 0.29) is 19.1 Å². The third-order valence-electron chi connectivity index (χ3n) is 6.43. The Balaban J connectivity index is 1.52. The first-order chi connectivity index (χ1) is 18.1. The van der Waals surface area contributed by atoms with E-state index in [9.17, 15) is 4.79 Å². The number of fused-ring (bicyclic) bond motifs is 1. The van der Waals surface area contributed by atoms with Crippen molar-refractivity contribution in [2.45, 2.75) is 38.5 Å². The highest BCUT2D eigenvalue weighted by atomic mass is 16.5. The first-order valence-electron chi connectivity index (χ1n) is 13.0. The predicted molar refractivity (Wildman–Crippen MR) is 149 cm³/mol. The number of aliphatic carboxylic acids is 1. The number of hydrogen-bond donors (Lipinski definition) is 2. The third-order valence-corrected chi connectivity index (χ3v) is 6.43. The number of nitrogens with one attached hydrogen (secondary N) is 1. The summed E-state index contributed by atoms with van der Waals surface area (Å²) in [5, 5.41) is 14.1. The maximum absolute atomic E-state index is 10.6. The summed E-state index contributed by atoms with van der Waals surface area (Å²) >= 11 is 0. The number of hydrogen-bond acceptors (Lipinski definition) is 4. The largest absolute Gasteiger partial charge is 0.494 e. The number of unbranched alkanes of at least 4 members (excludes halogenated alkanes) is 1. The predicted octanol–water partition coefficient (Wildman–Crippen LogP) is 6.79. The van der Waals surface area contributed by atoms with Gasteiger partial charge < -0.3 is 14.6 Å². The molecule has 1 atom stereocenters. The molecule has 0 saturated carbocycles. The van der Waals surface area contributed by atoms with Crippen LogP contribution in [0.25, 0.3) is 10.8 Å². The fourth-order valence-electron chi connectivity index (χ4n) is 4.36. The van der Waals surface area contributed by atoms with Crippen LogP contribution in [0, 0.1) is 0 Å². The minimum Gasteiger partial charge on any atom is -0.494 e. The van der Waals surface area contributed by atoms with Gasteiger partial charge in [-0.05, 0) is 64.6 Å². The van der Waals surface area contributed by atoms with E-state index < -0.39 is 5.97 Å². The second kappa shape index (κ2) is 13.5. The van der Waals surface area contributed by atoms with Gasteiger partial charge in [0.25, 0.3) is 0 Å². The molecule has 0 radical (unpaired) electrons. The molecule has 4 rings (SSSR count). The lowest BCUT2D eigenvalue weighted by molar-refractivity contribution is -0.136. The number of carbonyl (C=O) groups is 1. The summed E-state index contributed by atoms with van der Waals surface area (Å²) in [5.41, 5.74) is 3.77. The van der Waals surface area contributed by atoms with Crippen LogP contribution in [-0.2, 0) is 11.2 Å². The van der Waals surface area contributed by atoms with Gasteiger partial charge in [-0.2, -0.15) is 0 Å². The Hall–Kier alpha value is -3.83. The molecule has 0 amide bonds. The van der Waals surface area contributed by atoms with Gasteiger partial charge >= 0.3 is 5.97 Å². The summed E-state index contributed by atoms with van der Waals surface area (Å²) in [4.78, 5) is 10.6. The molecule has 0 aliphatic rings. The van der Waals surface area contributed by atoms with E-state index in [1.165, 1.54) is 27.5 Å². The number of rotatable bonds is 14. The number of ether oxygens (including phenoxy) is 2. The van der Waals surface area contributed by atoms with Crippen LogP contribution in [0.1, 0.15) is 48.8 Å². The van der Waals surface area contributed by atoms with Gasteiger partial charge in [0.15, 0.2) is 0 Å². The second-order valence-corrected chi connectivity index (χ2v) is 9.21. The fraction of sp³-hybridized carbons (Fsp3) is 0.281. The molecule has 0 saturated heterocycles. The topological polar surface area (TPSA) is 67.8 Å². The first kappa shape index (κ1) is 26.2. The Morgan fingerprint density at radius 1 is 0.838 bits per heavy atom. The van der Waals surface area contributed by atoms with E-state index in [0.29, 0.717) is 6.54 Å². The molecule has 0 spiro atoms. The van der Waals surface area contributed by atoms with Gasteiger partial charge in [0.05, 0.1) is 13.0 Å². The zero-order valence-corrected chi connectivity index (χ0v) is 21.4.